The summed E-state index contributed by atoms with van der Waals surface area (Å²) < 4.78 is 5.24. The monoisotopic (exact) mass is 274 g/mol. The summed E-state index contributed by atoms with van der Waals surface area (Å²) >= 11 is 0. The molecular formula is C16H22N2O2. The van der Waals surface area contributed by atoms with Gasteiger partial charge in [0, 0.05) is 25.2 Å². The van der Waals surface area contributed by atoms with E-state index in [1.54, 1.807) is 7.11 Å². The molecule has 1 aromatic rings. The first-order valence-corrected chi connectivity index (χ1v) is 7.39. The molecule has 2 aliphatic heterocycles. The predicted octanol–water partition coefficient (Wildman–Crippen LogP) is 2.29. The van der Waals surface area contributed by atoms with Crippen LogP contribution in [0.4, 0.5) is 5.69 Å². The van der Waals surface area contributed by atoms with Gasteiger partial charge in [-0.3, -0.25) is 4.79 Å². The van der Waals surface area contributed by atoms with E-state index in [1.807, 2.05) is 23.1 Å². The summed E-state index contributed by atoms with van der Waals surface area (Å²) in [7, 11) is 1.67. The highest BCUT2D eigenvalue weighted by atomic mass is 16.5. The molecule has 108 valence electrons. The molecule has 1 aromatic carbocycles. The normalized spacial score (nSPS) is 25.0. The first-order valence-electron chi connectivity index (χ1n) is 7.39. The van der Waals surface area contributed by atoms with Crippen molar-refractivity contribution in [2.75, 3.05) is 25.5 Å². The molecule has 0 aromatic heterocycles. The molecule has 4 heteroatoms. The zero-order valence-electron chi connectivity index (χ0n) is 12.2. The number of likely N-dealkylation sites (tertiary alicyclic amines) is 1. The molecule has 1 saturated heterocycles. The third-order valence-electron chi connectivity index (χ3n) is 4.33. The van der Waals surface area contributed by atoms with Crippen LogP contribution in [0.2, 0.25) is 0 Å². The standard InChI is InChI=1S/C16H22N2O2/c1-11-4-3-7-18(10-11)16(19)15-9-12-8-13(20-2)5-6-14(12)17-15/h5-6,8,11,15,17H,3-4,7,9-10H2,1-2H3. The summed E-state index contributed by atoms with van der Waals surface area (Å²) in [5.74, 6) is 1.72. The third-order valence-corrected chi connectivity index (χ3v) is 4.33. The summed E-state index contributed by atoms with van der Waals surface area (Å²) in [5, 5.41) is 3.35. The van der Waals surface area contributed by atoms with Gasteiger partial charge in [-0.1, -0.05) is 6.92 Å². The SMILES string of the molecule is COc1ccc2c(c1)CC(C(=O)N1CCCC(C)C1)N2. The minimum Gasteiger partial charge on any atom is -0.497 e. The molecule has 2 unspecified atom stereocenters. The molecule has 0 radical (unpaired) electrons. The molecule has 1 amide bonds. The van der Waals surface area contributed by atoms with Crippen molar-refractivity contribution in [3.63, 3.8) is 0 Å². The molecular weight excluding hydrogens is 252 g/mol. The van der Waals surface area contributed by atoms with Gasteiger partial charge in [-0.05, 0) is 42.5 Å². The molecule has 0 spiro atoms. The first kappa shape index (κ1) is 13.3. The van der Waals surface area contributed by atoms with Crippen LogP contribution < -0.4 is 10.1 Å². The molecule has 4 nitrogen and oxygen atoms in total. The number of ether oxygens (including phenoxy) is 1. The fourth-order valence-corrected chi connectivity index (χ4v) is 3.22. The topological polar surface area (TPSA) is 41.6 Å². The predicted molar refractivity (Wildman–Crippen MR) is 79.1 cm³/mol. The number of hydrogen-bond acceptors (Lipinski definition) is 3. The lowest BCUT2D eigenvalue weighted by Gasteiger charge is -2.32. The van der Waals surface area contributed by atoms with Crippen LogP contribution in [0.3, 0.4) is 0 Å². The lowest BCUT2D eigenvalue weighted by atomic mass is 9.99. The van der Waals surface area contributed by atoms with E-state index in [2.05, 4.69) is 12.2 Å². The number of rotatable bonds is 2. The molecule has 2 aliphatic rings. The van der Waals surface area contributed by atoms with Gasteiger partial charge in [0.05, 0.1) is 7.11 Å². The summed E-state index contributed by atoms with van der Waals surface area (Å²) in [6.45, 7) is 4.03. The highest BCUT2D eigenvalue weighted by Crippen LogP contribution is 2.30. The van der Waals surface area contributed by atoms with E-state index in [9.17, 15) is 4.79 Å². The van der Waals surface area contributed by atoms with E-state index in [1.165, 1.54) is 12.0 Å². The van der Waals surface area contributed by atoms with Crippen molar-refractivity contribution in [3.8, 4) is 5.75 Å². The van der Waals surface area contributed by atoms with E-state index >= 15 is 0 Å². The molecule has 1 fully saturated rings. The van der Waals surface area contributed by atoms with E-state index in [-0.39, 0.29) is 11.9 Å². The zero-order chi connectivity index (χ0) is 14.1. The largest absolute Gasteiger partial charge is 0.497 e. The van der Waals surface area contributed by atoms with Crippen molar-refractivity contribution in [2.24, 2.45) is 5.92 Å². The van der Waals surface area contributed by atoms with Gasteiger partial charge in [0.2, 0.25) is 5.91 Å². The Balaban J connectivity index is 1.69. The number of nitrogens with one attached hydrogen (secondary N) is 1. The fraction of sp³-hybridized carbons (Fsp3) is 0.562. The van der Waals surface area contributed by atoms with Gasteiger partial charge in [0.15, 0.2) is 0 Å². The average molecular weight is 274 g/mol. The lowest BCUT2D eigenvalue weighted by molar-refractivity contribution is -0.133. The van der Waals surface area contributed by atoms with Gasteiger partial charge in [0.1, 0.15) is 11.8 Å². The maximum atomic E-state index is 12.6. The van der Waals surface area contributed by atoms with Gasteiger partial charge in [-0.15, -0.1) is 0 Å². The Morgan fingerprint density at radius 1 is 1.45 bits per heavy atom. The Morgan fingerprint density at radius 2 is 2.30 bits per heavy atom. The van der Waals surface area contributed by atoms with Crippen LogP contribution >= 0.6 is 0 Å². The number of carbonyl (C=O) groups excluding carboxylic acids is 1. The Morgan fingerprint density at radius 3 is 3.05 bits per heavy atom. The van der Waals surface area contributed by atoms with E-state index < -0.39 is 0 Å². The summed E-state index contributed by atoms with van der Waals surface area (Å²) in [6, 6.07) is 5.85. The second-order valence-corrected chi connectivity index (χ2v) is 5.96. The summed E-state index contributed by atoms with van der Waals surface area (Å²) in [4.78, 5) is 14.6. The summed E-state index contributed by atoms with van der Waals surface area (Å²) in [5.41, 5.74) is 2.24. The number of piperidine rings is 1. The van der Waals surface area contributed by atoms with Crippen molar-refractivity contribution in [2.45, 2.75) is 32.2 Å². The average Bonchev–Trinajstić information content (AvgIpc) is 2.89. The van der Waals surface area contributed by atoms with Gasteiger partial charge >= 0.3 is 0 Å². The number of nitrogens with zero attached hydrogens (tertiary/aromatic N) is 1. The number of amides is 1. The molecule has 0 saturated carbocycles. The van der Waals surface area contributed by atoms with Crippen LogP contribution in [0.5, 0.6) is 5.75 Å². The Labute approximate surface area is 120 Å². The molecule has 1 N–H and O–H groups in total. The number of anilines is 1. The molecule has 0 bridgehead atoms. The van der Waals surface area contributed by atoms with Crippen LogP contribution in [0.15, 0.2) is 18.2 Å². The fourth-order valence-electron chi connectivity index (χ4n) is 3.22. The number of benzene rings is 1. The molecule has 20 heavy (non-hydrogen) atoms. The Bertz CT molecular complexity index is 515. The minimum absolute atomic E-state index is 0.109. The Kier molecular flexibility index (Phi) is 3.55. The van der Waals surface area contributed by atoms with Gasteiger partial charge in [-0.25, -0.2) is 0 Å². The highest BCUT2D eigenvalue weighted by molar-refractivity contribution is 5.87. The molecule has 3 rings (SSSR count). The van der Waals surface area contributed by atoms with E-state index in [0.29, 0.717) is 5.92 Å². The van der Waals surface area contributed by atoms with Crippen molar-refractivity contribution in [1.29, 1.82) is 0 Å². The van der Waals surface area contributed by atoms with Crippen LogP contribution in [0.1, 0.15) is 25.3 Å². The minimum atomic E-state index is -0.109. The molecule has 2 atom stereocenters. The number of carbonyl (C=O) groups is 1. The number of hydrogen-bond donors (Lipinski definition) is 1. The van der Waals surface area contributed by atoms with Crippen LogP contribution in [-0.4, -0.2) is 37.0 Å². The van der Waals surface area contributed by atoms with Crippen molar-refractivity contribution < 1.29 is 9.53 Å². The zero-order valence-corrected chi connectivity index (χ0v) is 12.2. The highest BCUT2D eigenvalue weighted by Gasteiger charge is 2.32. The van der Waals surface area contributed by atoms with Crippen LogP contribution in [0, 0.1) is 5.92 Å². The second-order valence-electron chi connectivity index (χ2n) is 5.96. The lowest BCUT2D eigenvalue weighted by Crippen LogP contribution is -2.46. The van der Waals surface area contributed by atoms with Crippen molar-refractivity contribution in [3.05, 3.63) is 23.8 Å². The van der Waals surface area contributed by atoms with Crippen molar-refractivity contribution in [1.82, 2.24) is 4.90 Å². The van der Waals surface area contributed by atoms with Crippen LogP contribution in [-0.2, 0) is 11.2 Å². The third kappa shape index (κ3) is 2.47. The Hall–Kier alpha value is -1.71. The van der Waals surface area contributed by atoms with Gasteiger partial charge in [-0.2, -0.15) is 0 Å². The molecule has 2 heterocycles. The van der Waals surface area contributed by atoms with E-state index in [4.69, 9.17) is 4.74 Å². The van der Waals surface area contributed by atoms with Gasteiger partial charge in [0.25, 0.3) is 0 Å². The van der Waals surface area contributed by atoms with E-state index in [0.717, 1.165) is 37.4 Å². The number of fused-ring (bicyclic) bond motifs is 1. The first-order chi connectivity index (χ1) is 9.67. The maximum Gasteiger partial charge on any atom is 0.245 e. The van der Waals surface area contributed by atoms with Gasteiger partial charge < -0.3 is 15.0 Å². The maximum absolute atomic E-state index is 12.6. The number of methoxy groups -OCH3 is 1. The smallest absolute Gasteiger partial charge is 0.245 e. The van der Waals surface area contributed by atoms with Crippen LogP contribution in [0.25, 0.3) is 0 Å². The quantitative estimate of drug-likeness (QED) is 0.899. The summed E-state index contributed by atoms with van der Waals surface area (Å²) in [6.07, 6.45) is 3.12. The molecule has 0 aliphatic carbocycles. The second kappa shape index (κ2) is 5.35. The van der Waals surface area contributed by atoms with Crippen molar-refractivity contribution >= 4 is 11.6 Å².